The molecule has 0 unspecified atom stereocenters. The Morgan fingerprint density at radius 2 is 2.14 bits per heavy atom. The molecule has 6 heteroatoms. The van der Waals surface area contributed by atoms with Crippen LogP contribution in [-0.4, -0.2) is 13.1 Å². The van der Waals surface area contributed by atoms with E-state index in [0.717, 1.165) is 13.2 Å². The molecule has 0 atom stereocenters. The van der Waals surface area contributed by atoms with Crippen LogP contribution in [0.4, 0.5) is 10.1 Å². The van der Waals surface area contributed by atoms with Gasteiger partial charge >= 0.3 is 5.97 Å². The molecule has 14 heavy (non-hydrogen) atoms. The quantitative estimate of drug-likeness (QED) is 0.464. The number of anilines is 1. The number of halogens is 3. The van der Waals surface area contributed by atoms with E-state index in [2.05, 4.69) is 4.74 Å². The molecule has 0 aliphatic heterocycles. The third-order valence-electron chi connectivity index (χ3n) is 1.60. The van der Waals surface area contributed by atoms with Crippen molar-refractivity contribution < 1.29 is 13.9 Å². The Balaban J connectivity index is 3.40. The number of carbonyl (C=O) groups excluding carboxylic acids is 1. The van der Waals surface area contributed by atoms with Gasteiger partial charge in [0.05, 0.1) is 23.4 Å². The van der Waals surface area contributed by atoms with Crippen molar-refractivity contribution in [1.29, 1.82) is 0 Å². The first kappa shape index (κ1) is 11.1. The van der Waals surface area contributed by atoms with Crippen LogP contribution < -0.4 is 5.73 Å². The van der Waals surface area contributed by atoms with Crippen molar-refractivity contribution in [2.45, 2.75) is 0 Å². The van der Waals surface area contributed by atoms with Crippen molar-refractivity contribution in [1.82, 2.24) is 0 Å². The lowest BCUT2D eigenvalue weighted by atomic mass is 10.2. The molecule has 0 radical (unpaired) electrons. The molecule has 0 spiro atoms. The number of rotatable bonds is 1. The van der Waals surface area contributed by atoms with Gasteiger partial charge in [-0.15, -0.1) is 0 Å². The lowest BCUT2D eigenvalue weighted by molar-refractivity contribution is 0.0595. The lowest BCUT2D eigenvalue weighted by Crippen LogP contribution is -2.06. The topological polar surface area (TPSA) is 52.3 Å². The molecular formula is C8H6Cl2FNO2. The molecule has 1 aromatic rings. The monoisotopic (exact) mass is 237 g/mol. The average molecular weight is 238 g/mol. The fourth-order valence-electron chi connectivity index (χ4n) is 0.868. The highest BCUT2D eigenvalue weighted by atomic mass is 35.5. The van der Waals surface area contributed by atoms with Crippen LogP contribution in [0.15, 0.2) is 6.07 Å². The van der Waals surface area contributed by atoms with Gasteiger partial charge in [0.2, 0.25) is 0 Å². The molecule has 0 heterocycles. The number of ether oxygens (including phenoxy) is 1. The Hall–Kier alpha value is -1.00. The summed E-state index contributed by atoms with van der Waals surface area (Å²) in [5, 5.41) is -0.366. The molecular weight excluding hydrogens is 232 g/mol. The summed E-state index contributed by atoms with van der Waals surface area (Å²) in [6.07, 6.45) is 0. The Labute approximate surface area is 89.5 Å². The second-order valence-corrected chi connectivity index (χ2v) is 3.22. The number of nitrogen functional groups attached to an aromatic ring is 1. The molecule has 76 valence electrons. The van der Waals surface area contributed by atoms with E-state index < -0.39 is 11.8 Å². The smallest absolute Gasteiger partial charge is 0.340 e. The maximum Gasteiger partial charge on any atom is 0.340 e. The third kappa shape index (κ3) is 1.76. The summed E-state index contributed by atoms with van der Waals surface area (Å²) in [6.45, 7) is 0. The van der Waals surface area contributed by atoms with Gasteiger partial charge in [-0.1, -0.05) is 23.2 Å². The number of esters is 1. The van der Waals surface area contributed by atoms with E-state index >= 15 is 0 Å². The second-order valence-electron chi connectivity index (χ2n) is 2.44. The Bertz CT molecular complexity index is 395. The van der Waals surface area contributed by atoms with Crippen molar-refractivity contribution in [2.24, 2.45) is 0 Å². The standard InChI is InChI=1S/C8H6Cl2FNO2/c1-14-8(13)3-2-4(9)7(12)5(10)6(3)11/h2H,12H2,1H3. The molecule has 2 N–H and O–H groups in total. The Morgan fingerprint density at radius 3 is 2.64 bits per heavy atom. The number of hydrogen-bond acceptors (Lipinski definition) is 3. The summed E-state index contributed by atoms with van der Waals surface area (Å²) >= 11 is 11.1. The van der Waals surface area contributed by atoms with Gasteiger partial charge in [0.1, 0.15) is 5.02 Å². The molecule has 0 aromatic heterocycles. The predicted octanol–water partition coefficient (Wildman–Crippen LogP) is 2.50. The fraction of sp³-hybridized carbons (Fsp3) is 0.125. The van der Waals surface area contributed by atoms with Crippen LogP contribution in [0.2, 0.25) is 10.0 Å². The molecule has 0 fully saturated rings. The Kier molecular flexibility index (Phi) is 3.18. The lowest BCUT2D eigenvalue weighted by Gasteiger charge is -2.06. The van der Waals surface area contributed by atoms with E-state index in [-0.39, 0.29) is 21.3 Å². The normalized spacial score (nSPS) is 10.0. The van der Waals surface area contributed by atoms with E-state index in [0.29, 0.717) is 0 Å². The average Bonchev–Trinajstić information content (AvgIpc) is 2.19. The predicted molar refractivity (Wildman–Crippen MR) is 52.2 cm³/mol. The third-order valence-corrected chi connectivity index (χ3v) is 2.28. The number of nitrogens with two attached hydrogens (primary N) is 1. The highest BCUT2D eigenvalue weighted by Crippen LogP contribution is 2.32. The highest BCUT2D eigenvalue weighted by Gasteiger charge is 2.19. The van der Waals surface area contributed by atoms with E-state index in [9.17, 15) is 9.18 Å². The number of methoxy groups -OCH3 is 1. The van der Waals surface area contributed by atoms with E-state index in [4.69, 9.17) is 28.9 Å². The molecule has 1 rings (SSSR count). The van der Waals surface area contributed by atoms with Crippen molar-refractivity contribution in [3.63, 3.8) is 0 Å². The van der Waals surface area contributed by atoms with Crippen molar-refractivity contribution >= 4 is 34.9 Å². The molecule has 3 nitrogen and oxygen atoms in total. The summed E-state index contributed by atoms with van der Waals surface area (Å²) in [4.78, 5) is 11.0. The minimum atomic E-state index is -0.930. The van der Waals surface area contributed by atoms with Gasteiger partial charge in [0.15, 0.2) is 5.82 Å². The molecule has 0 aliphatic rings. The van der Waals surface area contributed by atoms with Gasteiger partial charge in [-0.05, 0) is 6.07 Å². The first-order valence-corrected chi connectivity index (χ1v) is 4.26. The zero-order chi connectivity index (χ0) is 10.9. The molecule has 0 amide bonds. The van der Waals surface area contributed by atoms with Crippen LogP contribution >= 0.6 is 23.2 Å². The van der Waals surface area contributed by atoms with E-state index in [1.165, 1.54) is 0 Å². The maximum absolute atomic E-state index is 13.3. The van der Waals surface area contributed by atoms with Crippen LogP contribution in [0, 0.1) is 5.82 Å². The largest absolute Gasteiger partial charge is 0.465 e. The molecule has 0 aliphatic carbocycles. The van der Waals surface area contributed by atoms with Crippen LogP contribution in [-0.2, 0) is 4.74 Å². The van der Waals surface area contributed by atoms with Crippen molar-refractivity contribution in [2.75, 3.05) is 12.8 Å². The zero-order valence-corrected chi connectivity index (χ0v) is 8.62. The Morgan fingerprint density at radius 1 is 1.57 bits per heavy atom. The number of benzene rings is 1. The highest BCUT2D eigenvalue weighted by molar-refractivity contribution is 6.39. The summed E-state index contributed by atoms with van der Waals surface area (Å²) < 4.78 is 17.6. The summed E-state index contributed by atoms with van der Waals surface area (Å²) in [5.41, 5.74) is 4.90. The van der Waals surface area contributed by atoms with Gasteiger partial charge in [0.25, 0.3) is 0 Å². The number of hydrogen-bond donors (Lipinski definition) is 1. The maximum atomic E-state index is 13.3. The van der Waals surface area contributed by atoms with Crippen LogP contribution in [0.3, 0.4) is 0 Å². The van der Waals surface area contributed by atoms with Crippen molar-refractivity contribution in [3.05, 3.63) is 27.5 Å². The zero-order valence-electron chi connectivity index (χ0n) is 7.11. The summed E-state index contributed by atoms with van der Waals surface area (Å²) in [6, 6.07) is 1.07. The molecule has 0 bridgehead atoms. The SMILES string of the molecule is COC(=O)c1cc(Cl)c(N)c(Cl)c1F. The van der Waals surface area contributed by atoms with Crippen LogP contribution in [0.5, 0.6) is 0 Å². The molecule has 0 saturated heterocycles. The van der Waals surface area contributed by atoms with E-state index in [1.807, 2.05) is 0 Å². The summed E-state index contributed by atoms with van der Waals surface area (Å²) in [7, 11) is 1.12. The van der Waals surface area contributed by atoms with Gasteiger partial charge in [-0.2, -0.15) is 0 Å². The first-order valence-electron chi connectivity index (χ1n) is 3.50. The van der Waals surface area contributed by atoms with Gasteiger partial charge in [0, 0.05) is 0 Å². The molecule has 0 saturated carbocycles. The van der Waals surface area contributed by atoms with Gasteiger partial charge in [-0.25, -0.2) is 9.18 Å². The van der Waals surface area contributed by atoms with E-state index in [1.54, 1.807) is 0 Å². The van der Waals surface area contributed by atoms with Gasteiger partial charge in [-0.3, -0.25) is 0 Å². The van der Waals surface area contributed by atoms with Crippen LogP contribution in [0.25, 0.3) is 0 Å². The summed E-state index contributed by atoms with van der Waals surface area (Å²) in [5.74, 6) is -1.79. The first-order chi connectivity index (χ1) is 6.49. The second kappa shape index (κ2) is 4.02. The van der Waals surface area contributed by atoms with Gasteiger partial charge < -0.3 is 10.5 Å². The van der Waals surface area contributed by atoms with Crippen molar-refractivity contribution in [3.8, 4) is 0 Å². The molecule has 1 aromatic carbocycles. The fourth-order valence-corrected chi connectivity index (χ4v) is 1.32. The minimum Gasteiger partial charge on any atom is -0.465 e. The van der Waals surface area contributed by atoms with Crippen LogP contribution in [0.1, 0.15) is 10.4 Å². The minimum absolute atomic E-state index is 0.0109. The number of carbonyl (C=O) groups is 1.